The molecule has 26 heavy (non-hydrogen) atoms. The molecule has 1 heterocycles. The number of nitro groups is 1. The van der Waals surface area contributed by atoms with Crippen LogP contribution >= 0.6 is 0 Å². The molecule has 2 aliphatic rings. The van der Waals surface area contributed by atoms with Gasteiger partial charge >= 0.3 is 0 Å². The number of hydrogen-bond acceptors (Lipinski definition) is 9. The Morgan fingerprint density at radius 1 is 1.31 bits per heavy atom. The predicted octanol–water partition coefficient (Wildman–Crippen LogP) is 1.11. The number of benzene rings is 1. The van der Waals surface area contributed by atoms with Gasteiger partial charge in [0.2, 0.25) is 11.9 Å². The molecule has 0 bridgehead atoms. The van der Waals surface area contributed by atoms with Gasteiger partial charge in [-0.25, -0.2) is 4.99 Å². The smallest absolute Gasteiger partial charge is 0.294 e. The third kappa shape index (κ3) is 3.27. The minimum absolute atomic E-state index is 0.0998. The molecule has 0 radical (unpaired) electrons. The Bertz CT molecular complexity index is 756. The summed E-state index contributed by atoms with van der Waals surface area (Å²) in [6, 6.07) is 4.80. The fourth-order valence-corrected chi connectivity index (χ4v) is 3.65. The molecule has 1 aromatic carbocycles. The lowest BCUT2D eigenvalue weighted by atomic mass is 9.87. The normalized spacial score (nSPS) is 19.0. The summed E-state index contributed by atoms with van der Waals surface area (Å²) in [7, 11) is 0. The molecule has 0 amide bonds. The van der Waals surface area contributed by atoms with E-state index in [0.717, 1.165) is 32.1 Å². The molecule has 1 aliphatic carbocycles. The molecule has 140 valence electrons. The number of nitrogens with one attached hydrogen (secondary N) is 1. The third-order valence-electron chi connectivity index (χ3n) is 4.71. The minimum atomic E-state index is -0.651. The van der Waals surface area contributed by atoms with Gasteiger partial charge in [-0.3, -0.25) is 15.0 Å². The van der Waals surface area contributed by atoms with Crippen molar-refractivity contribution in [2.24, 2.45) is 21.5 Å². The number of nitro benzene ring substituents is 1. The van der Waals surface area contributed by atoms with Crippen molar-refractivity contribution in [3.05, 3.63) is 28.3 Å². The first-order valence-corrected chi connectivity index (χ1v) is 8.60. The molecule has 1 spiro atoms. The Labute approximate surface area is 150 Å². The number of aliphatic imine (C=N–C) groups is 2. The van der Waals surface area contributed by atoms with Crippen molar-refractivity contribution < 1.29 is 10.0 Å². The van der Waals surface area contributed by atoms with E-state index in [4.69, 9.17) is 16.6 Å². The van der Waals surface area contributed by atoms with Crippen molar-refractivity contribution in [1.82, 2.24) is 0 Å². The van der Waals surface area contributed by atoms with E-state index in [1.165, 1.54) is 6.07 Å². The molecule has 1 saturated carbocycles. The summed E-state index contributed by atoms with van der Waals surface area (Å²) in [5, 5.41) is 23.3. The summed E-state index contributed by atoms with van der Waals surface area (Å²) in [5.41, 5.74) is 12.1. The van der Waals surface area contributed by atoms with Crippen LogP contribution in [0.1, 0.15) is 32.1 Å². The number of nitrogens with zero attached hydrogens (tertiary/aromatic N) is 4. The number of aliphatic hydroxyl groups is 1. The second-order valence-electron chi connectivity index (χ2n) is 6.43. The highest BCUT2D eigenvalue weighted by atomic mass is 16.6. The lowest BCUT2D eigenvalue weighted by Crippen LogP contribution is -2.58. The topological polar surface area (TPSA) is 155 Å². The maximum atomic E-state index is 11.5. The highest BCUT2D eigenvalue weighted by Gasteiger charge is 2.43. The average Bonchev–Trinajstić information content (AvgIpc) is 2.60. The summed E-state index contributed by atoms with van der Waals surface area (Å²) in [4.78, 5) is 21.4. The Kier molecular flexibility index (Phi) is 4.94. The van der Waals surface area contributed by atoms with Crippen molar-refractivity contribution in [2.45, 2.75) is 37.8 Å². The number of nitrogens with two attached hydrogens (primary N) is 2. The number of hydrogen-bond donors (Lipinski definition) is 4. The summed E-state index contributed by atoms with van der Waals surface area (Å²) in [6.07, 6.45) is 4.55. The van der Waals surface area contributed by atoms with Crippen LogP contribution in [0.25, 0.3) is 0 Å². The van der Waals surface area contributed by atoms with Crippen molar-refractivity contribution in [1.29, 1.82) is 0 Å². The van der Waals surface area contributed by atoms with E-state index in [1.807, 2.05) is 0 Å². The first-order valence-electron chi connectivity index (χ1n) is 8.60. The Morgan fingerprint density at radius 2 is 2.04 bits per heavy atom. The summed E-state index contributed by atoms with van der Waals surface area (Å²) < 4.78 is 0. The summed E-state index contributed by atoms with van der Waals surface area (Å²) in [5.74, 6) is 0.321. The maximum Gasteiger partial charge on any atom is 0.294 e. The van der Waals surface area contributed by atoms with E-state index in [-0.39, 0.29) is 30.8 Å². The van der Waals surface area contributed by atoms with Crippen molar-refractivity contribution in [3.63, 3.8) is 0 Å². The zero-order valence-corrected chi connectivity index (χ0v) is 14.4. The van der Waals surface area contributed by atoms with Crippen LogP contribution in [0.15, 0.2) is 28.2 Å². The molecular weight excluding hydrogens is 338 g/mol. The van der Waals surface area contributed by atoms with Gasteiger partial charge in [-0.05, 0) is 37.8 Å². The minimum Gasteiger partial charge on any atom is -0.395 e. The zero-order valence-electron chi connectivity index (χ0n) is 14.4. The molecule has 3 rings (SSSR count). The SMILES string of the molecule is NC1=NC2(CCCCC2)N(c2ccc(NCCO)c([N+](=O)[O-])c2)C(N)=N1. The van der Waals surface area contributed by atoms with Gasteiger partial charge in [0, 0.05) is 12.6 Å². The lowest BCUT2D eigenvalue weighted by molar-refractivity contribution is -0.383. The van der Waals surface area contributed by atoms with Gasteiger partial charge in [0.1, 0.15) is 11.4 Å². The highest BCUT2D eigenvalue weighted by Crippen LogP contribution is 2.41. The van der Waals surface area contributed by atoms with E-state index in [2.05, 4.69) is 15.3 Å². The molecule has 6 N–H and O–H groups in total. The summed E-state index contributed by atoms with van der Waals surface area (Å²) in [6.45, 7) is 0.0972. The first kappa shape index (κ1) is 17.9. The van der Waals surface area contributed by atoms with Crippen LogP contribution < -0.4 is 21.7 Å². The predicted molar refractivity (Wildman–Crippen MR) is 100 cm³/mol. The number of rotatable bonds is 5. The molecule has 1 aliphatic heterocycles. The van der Waals surface area contributed by atoms with Crippen molar-refractivity contribution in [3.8, 4) is 0 Å². The molecular formula is C16H23N7O3. The van der Waals surface area contributed by atoms with Crippen LogP contribution in [-0.2, 0) is 0 Å². The van der Waals surface area contributed by atoms with Crippen LogP contribution in [0.3, 0.4) is 0 Å². The van der Waals surface area contributed by atoms with E-state index < -0.39 is 10.6 Å². The van der Waals surface area contributed by atoms with Crippen LogP contribution in [0.4, 0.5) is 17.1 Å². The van der Waals surface area contributed by atoms with E-state index in [0.29, 0.717) is 11.4 Å². The van der Waals surface area contributed by atoms with E-state index in [9.17, 15) is 10.1 Å². The van der Waals surface area contributed by atoms with Crippen LogP contribution in [-0.4, -0.2) is 40.8 Å². The molecule has 0 atom stereocenters. The lowest BCUT2D eigenvalue weighted by Gasteiger charge is -2.45. The zero-order chi connectivity index (χ0) is 18.7. The third-order valence-corrected chi connectivity index (χ3v) is 4.71. The molecule has 0 aromatic heterocycles. The van der Waals surface area contributed by atoms with Gasteiger partial charge in [-0.15, -0.1) is 0 Å². The van der Waals surface area contributed by atoms with Crippen LogP contribution in [0.2, 0.25) is 0 Å². The maximum absolute atomic E-state index is 11.5. The number of guanidine groups is 2. The fraction of sp³-hybridized carbons (Fsp3) is 0.500. The number of anilines is 2. The Hall–Kier alpha value is -2.88. The van der Waals surface area contributed by atoms with Gasteiger partial charge in [0.25, 0.3) is 5.69 Å². The molecule has 10 heteroatoms. The molecule has 10 nitrogen and oxygen atoms in total. The second-order valence-corrected chi connectivity index (χ2v) is 6.43. The van der Waals surface area contributed by atoms with Crippen LogP contribution in [0.5, 0.6) is 0 Å². The Balaban J connectivity index is 2.04. The second kappa shape index (κ2) is 7.16. The molecule has 0 unspecified atom stereocenters. The fourth-order valence-electron chi connectivity index (χ4n) is 3.65. The largest absolute Gasteiger partial charge is 0.395 e. The highest BCUT2D eigenvalue weighted by molar-refractivity contribution is 6.05. The van der Waals surface area contributed by atoms with E-state index >= 15 is 0 Å². The van der Waals surface area contributed by atoms with Gasteiger partial charge in [0.05, 0.1) is 17.2 Å². The van der Waals surface area contributed by atoms with Crippen LogP contribution in [0, 0.1) is 10.1 Å². The Morgan fingerprint density at radius 3 is 2.69 bits per heavy atom. The first-order chi connectivity index (χ1) is 12.5. The molecule has 0 saturated heterocycles. The van der Waals surface area contributed by atoms with Gasteiger partial charge < -0.3 is 21.9 Å². The van der Waals surface area contributed by atoms with Gasteiger partial charge in [0.15, 0.2) is 0 Å². The van der Waals surface area contributed by atoms with Crippen molar-refractivity contribution in [2.75, 3.05) is 23.4 Å². The van der Waals surface area contributed by atoms with E-state index in [1.54, 1.807) is 17.0 Å². The molecule has 1 aromatic rings. The summed E-state index contributed by atoms with van der Waals surface area (Å²) >= 11 is 0. The average molecular weight is 361 g/mol. The number of aliphatic hydroxyl groups excluding tert-OH is 1. The van der Waals surface area contributed by atoms with Crippen molar-refractivity contribution >= 4 is 29.0 Å². The van der Waals surface area contributed by atoms with Gasteiger partial charge in [-0.1, -0.05) is 6.42 Å². The quantitative estimate of drug-likeness (QED) is 0.452. The molecule has 1 fully saturated rings. The monoisotopic (exact) mass is 361 g/mol. The van der Waals surface area contributed by atoms with Gasteiger partial charge in [-0.2, -0.15) is 4.99 Å². The standard InChI is InChI=1S/C16H23N7O3/c17-14-20-15(18)22(16(21-14)6-2-1-3-7-16)11-4-5-12(19-8-9-24)13(10-11)23(25)26/h4-5,10,19,24H,1-3,6-9H2,(H4,17,18,20,21).